The van der Waals surface area contributed by atoms with Crippen molar-refractivity contribution in [3.63, 3.8) is 0 Å². The number of piperidine rings is 1. The van der Waals surface area contributed by atoms with Crippen LogP contribution in [0.25, 0.3) is 16.7 Å². The van der Waals surface area contributed by atoms with E-state index >= 15 is 0 Å². The molecule has 2 aromatic carbocycles. The van der Waals surface area contributed by atoms with E-state index in [1.807, 2.05) is 0 Å². The van der Waals surface area contributed by atoms with Crippen molar-refractivity contribution in [2.45, 2.75) is 95.7 Å². The molecule has 5 nitrogen and oxygen atoms in total. The van der Waals surface area contributed by atoms with Crippen molar-refractivity contribution in [3.05, 3.63) is 58.8 Å². The highest BCUT2D eigenvalue weighted by Gasteiger charge is 2.37. The number of imidazole rings is 1. The van der Waals surface area contributed by atoms with Gasteiger partial charge in [-0.05, 0) is 75.4 Å². The number of rotatable bonds is 6. The minimum atomic E-state index is 0.108. The number of amides is 1. The highest BCUT2D eigenvalue weighted by atomic mass is 79.9. The van der Waals surface area contributed by atoms with Gasteiger partial charge in [0.25, 0.3) is 0 Å². The maximum Gasteiger partial charge on any atom is 0.227 e. The second kappa shape index (κ2) is 11.9. The molecule has 0 spiro atoms. The molecule has 3 aromatic rings. The van der Waals surface area contributed by atoms with Crippen molar-refractivity contribution in [1.29, 1.82) is 0 Å². The normalized spacial score (nSPS) is 22.1. The van der Waals surface area contributed by atoms with Gasteiger partial charge in [0.2, 0.25) is 5.91 Å². The Morgan fingerprint density at radius 2 is 1.58 bits per heavy atom. The van der Waals surface area contributed by atoms with Crippen LogP contribution in [-0.4, -0.2) is 50.4 Å². The Morgan fingerprint density at radius 1 is 0.868 bits per heavy atom. The van der Waals surface area contributed by atoms with Gasteiger partial charge >= 0.3 is 0 Å². The van der Waals surface area contributed by atoms with Crippen LogP contribution in [0.3, 0.4) is 0 Å². The van der Waals surface area contributed by atoms with E-state index in [-0.39, 0.29) is 5.92 Å². The molecule has 1 amide bonds. The number of fused-ring (bicyclic) bond motifs is 1. The molecule has 1 atom stereocenters. The van der Waals surface area contributed by atoms with E-state index in [4.69, 9.17) is 4.98 Å². The molecule has 2 saturated carbocycles. The first kappa shape index (κ1) is 26.1. The number of halogens is 1. The number of aromatic nitrogens is 2. The summed E-state index contributed by atoms with van der Waals surface area (Å²) in [6, 6.07) is 17.8. The van der Waals surface area contributed by atoms with Gasteiger partial charge in [0.05, 0.1) is 23.5 Å². The van der Waals surface area contributed by atoms with E-state index in [1.54, 1.807) is 0 Å². The predicted molar refractivity (Wildman–Crippen MR) is 157 cm³/mol. The molecule has 202 valence electrons. The van der Waals surface area contributed by atoms with Gasteiger partial charge in [-0.15, -0.1) is 0 Å². The molecule has 6 rings (SSSR count). The third-order valence-electron chi connectivity index (χ3n) is 9.11. The van der Waals surface area contributed by atoms with Gasteiger partial charge in [0.1, 0.15) is 5.82 Å². The van der Waals surface area contributed by atoms with Crippen LogP contribution in [0.5, 0.6) is 0 Å². The maximum absolute atomic E-state index is 14.2. The van der Waals surface area contributed by atoms with Crippen LogP contribution in [0.15, 0.2) is 53.0 Å². The maximum atomic E-state index is 14.2. The van der Waals surface area contributed by atoms with Crippen LogP contribution in [0, 0.1) is 5.92 Å². The smallest absolute Gasteiger partial charge is 0.227 e. The van der Waals surface area contributed by atoms with Crippen LogP contribution in [0.1, 0.15) is 82.9 Å². The largest absolute Gasteiger partial charge is 0.336 e. The van der Waals surface area contributed by atoms with Gasteiger partial charge in [-0.25, -0.2) is 4.98 Å². The van der Waals surface area contributed by atoms with Crippen molar-refractivity contribution < 1.29 is 4.79 Å². The Kier molecular flexibility index (Phi) is 8.17. The molecule has 0 bridgehead atoms. The summed E-state index contributed by atoms with van der Waals surface area (Å²) in [4.78, 5) is 24.2. The van der Waals surface area contributed by atoms with Gasteiger partial charge in [0, 0.05) is 28.8 Å². The lowest BCUT2D eigenvalue weighted by atomic mass is 9.86. The Bertz CT molecular complexity index is 1230. The van der Waals surface area contributed by atoms with Crippen LogP contribution in [0.2, 0.25) is 0 Å². The highest BCUT2D eigenvalue weighted by molar-refractivity contribution is 9.10. The molecule has 1 aliphatic heterocycles. The van der Waals surface area contributed by atoms with Gasteiger partial charge in [-0.3, -0.25) is 14.3 Å². The van der Waals surface area contributed by atoms with Crippen molar-refractivity contribution in [3.8, 4) is 5.69 Å². The van der Waals surface area contributed by atoms with Crippen molar-refractivity contribution in [2.75, 3.05) is 13.1 Å². The van der Waals surface area contributed by atoms with E-state index in [0.29, 0.717) is 18.0 Å². The molecule has 2 aliphatic carbocycles. The molecule has 3 fully saturated rings. The number of hydrogen-bond donors (Lipinski definition) is 0. The monoisotopic (exact) mass is 576 g/mol. The lowest BCUT2D eigenvalue weighted by molar-refractivity contribution is -0.144. The minimum Gasteiger partial charge on any atom is -0.336 e. The summed E-state index contributed by atoms with van der Waals surface area (Å²) < 4.78 is 3.36. The Hall–Kier alpha value is -2.18. The number of carbonyl (C=O) groups excluding carboxylic acids is 1. The second-order valence-corrected chi connectivity index (χ2v) is 12.7. The quantitative estimate of drug-likeness (QED) is 0.305. The number of nitrogens with zero attached hydrogens (tertiary/aromatic N) is 4. The number of benzene rings is 2. The molecule has 1 saturated heterocycles. The zero-order valence-corrected chi connectivity index (χ0v) is 24.1. The summed E-state index contributed by atoms with van der Waals surface area (Å²) in [5.74, 6) is 1.61. The fraction of sp³-hybridized carbons (Fsp3) is 0.562. The third-order valence-corrected chi connectivity index (χ3v) is 9.60. The number of hydrogen-bond acceptors (Lipinski definition) is 3. The second-order valence-electron chi connectivity index (χ2n) is 11.7. The fourth-order valence-electron chi connectivity index (χ4n) is 7.27. The molecule has 2 heterocycles. The standard InChI is InChI=1S/C32H41BrN4O/c33-25-12-9-17-28(21-25)37-30-19-8-7-18-29(30)34-31(37)23-35-20-10-11-24(22-35)32(38)36(26-13-3-1-4-14-26)27-15-5-2-6-16-27/h7-9,12,17-19,21,24,26-27H,1-6,10-11,13-16,20,22-23H2/t24-/m1/s1. The van der Waals surface area contributed by atoms with E-state index in [1.165, 1.54) is 64.2 Å². The number of likely N-dealkylation sites (tertiary alicyclic amines) is 1. The first-order chi connectivity index (χ1) is 18.7. The number of carbonyl (C=O) groups is 1. The summed E-state index contributed by atoms with van der Waals surface area (Å²) >= 11 is 3.65. The Balaban J connectivity index is 1.24. The van der Waals surface area contributed by atoms with E-state index in [0.717, 1.165) is 59.5 Å². The first-order valence-electron chi connectivity index (χ1n) is 14.9. The minimum absolute atomic E-state index is 0.108. The highest BCUT2D eigenvalue weighted by Crippen LogP contribution is 2.33. The average Bonchev–Trinajstić information content (AvgIpc) is 3.32. The average molecular weight is 578 g/mol. The Labute approximate surface area is 235 Å². The molecular weight excluding hydrogens is 536 g/mol. The van der Waals surface area contributed by atoms with Crippen molar-refractivity contribution >= 4 is 32.9 Å². The van der Waals surface area contributed by atoms with Gasteiger partial charge < -0.3 is 4.90 Å². The van der Waals surface area contributed by atoms with E-state index in [9.17, 15) is 4.79 Å². The number of para-hydroxylation sites is 2. The topological polar surface area (TPSA) is 41.4 Å². The Morgan fingerprint density at radius 3 is 2.29 bits per heavy atom. The van der Waals surface area contributed by atoms with E-state index in [2.05, 4.69) is 78.8 Å². The predicted octanol–water partition coefficient (Wildman–Crippen LogP) is 7.49. The van der Waals surface area contributed by atoms with Crippen LogP contribution in [-0.2, 0) is 11.3 Å². The zero-order valence-electron chi connectivity index (χ0n) is 22.5. The summed E-state index contributed by atoms with van der Waals surface area (Å²) in [5.41, 5.74) is 3.27. The molecule has 0 unspecified atom stereocenters. The van der Waals surface area contributed by atoms with Crippen molar-refractivity contribution in [2.24, 2.45) is 5.92 Å². The van der Waals surface area contributed by atoms with Gasteiger partial charge in [-0.1, -0.05) is 72.7 Å². The van der Waals surface area contributed by atoms with Crippen LogP contribution in [0.4, 0.5) is 0 Å². The van der Waals surface area contributed by atoms with Gasteiger partial charge in [-0.2, -0.15) is 0 Å². The molecule has 0 N–H and O–H groups in total. The van der Waals surface area contributed by atoms with Gasteiger partial charge in [0.15, 0.2) is 0 Å². The summed E-state index contributed by atoms with van der Waals surface area (Å²) in [6.07, 6.45) is 14.7. The molecule has 38 heavy (non-hydrogen) atoms. The fourth-order valence-corrected chi connectivity index (χ4v) is 7.66. The molecule has 6 heteroatoms. The van der Waals surface area contributed by atoms with Crippen molar-refractivity contribution in [1.82, 2.24) is 19.4 Å². The third kappa shape index (κ3) is 5.58. The molecule has 0 radical (unpaired) electrons. The lowest BCUT2D eigenvalue weighted by Gasteiger charge is -2.44. The SMILES string of the molecule is O=C([C@@H]1CCCN(Cc2nc3ccccc3n2-c2cccc(Br)c2)C1)N(C1CCCCC1)C1CCCCC1. The van der Waals surface area contributed by atoms with Crippen LogP contribution < -0.4 is 0 Å². The summed E-state index contributed by atoms with van der Waals surface area (Å²) in [6.45, 7) is 2.63. The molecule has 3 aliphatic rings. The summed E-state index contributed by atoms with van der Waals surface area (Å²) in [5, 5.41) is 0. The molecular formula is C32H41BrN4O. The zero-order chi connectivity index (χ0) is 25.9. The molecule has 1 aromatic heterocycles. The summed E-state index contributed by atoms with van der Waals surface area (Å²) in [7, 11) is 0. The van der Waals surface area contributed by atoms with Crippen LogP contribution >= 0.6 is 15.9 Å². The lowest BCUT2D eigenvalue weighted by Crippen LogP contribution is -2.53. The van der Waals surface area contributed by atoms with E-state index < -0.39 is 0 Å². The first-order valence-corrected chi connectivity index (χ1v) is 15.7.